The van der Waals surface area contributed by atoms with E-state index in [9.17, 15) is 0 Å². The van der Waals surface area contributed by atoms with Crippen LogP contribution in [0.3, 0.4) is 0 Å². The van der Waals surface area contributed by atoms with Gasteiger partial charge in [0.2, 0.25) is 0 Å². The number of hydrogen-bond donors (Lipinski definition) is 2. The standard InChI is InChI=1S/C113H105N5O5/c1-60(2)82-56-71(26-39-78-86-41-43-88(114-86)104(97-65(8)50-62(5)51-66(97)9)90-45-47-92(116-90)106(99-69(12)54-64(7)55-70(99)13)93-48-46-91(117-93)105(89-44-42-87(78)115-89)98-67(10)52-63(6)53-68(98)11)57-83(61(3)4)108(82)118-109(119)84-58-95(122-76-35-29-73(30-36-76)112(17,18)19)102-80-25-23-24-79-94(121-75-33-27-72(28-34-75)111(14,15)16)49-40-81(100(79)80)103-96(59-85(110(118)120)101(84)107(102)103)123-77-37-31-74(32-38-77)113(20,21)22/h23-25,27-38,40-61,114,117H,1-22H3. The number of rotatable bonds is 12. The smallest absolute Gasteiger partial charge is 0.266 e. The van der Waals surface area contributed by atoms with Gasteiger partial charge in [-0.05, 0) is 300 Å². The first-order valence-corrected chi connectivity index (χ1v) is 43.1. The zero-order valence-corrected chi connectivity index (χ0v) is 74.7. The Kier molecular flexibility index (Phi) is 19.7. The summed E-state index contributed by atoms with van der Waals surface area (Å²) in [5, 5.41) is 6.15. The Labute approximate surface area is 722 Å². The lowest BCUT2D eigenvalue weighted by Gasteiger charge is -2.34. The van der Waals surface area contributed by atoms with Crippen LogP contribution in [-0.2, 0) is 16.2 Å². The summed E-state index contributed by atoms with van der Waals surface area (Å²) in [6.45, 7) is 47.9. The molecule has 18 rings (SSSR count). The number of hydrogen-bond acceptors (Lipinski definition) is 7. The fourth-order valence-corrected chi connectivity index (χ4v) is 19.4. The van der Waals surface area contributed by atoms with Gasteiger partial charge in [0.15, 0.2) is 0 Å². The summed E-state index contributed by atoms with van der Waals surface area (Å²) in [5.41, 5.74) is 30.7. The molecule has 123 heavy (non-hydrogen) atoms. The molecular formula is C113H105N5O5. The SMILES string of the molecule is Cc1cc(C)c(-c2c3nc(c(-c4c(C)cc(C)cc4C)c4ccc([nH]4)c(-c4c(C)cc(C)cc4C)c4nc(c(C#Cc5cc(C(C)C)c(N6C(=O)c7cc(Oc8ccc(C(C)(C)C)cc8)c8c9cccc%10c(Oc%11ccc(C(C)(C)C)cc%11)ccc(c%11c(Oc%12ccc(C(C)(C)C)cc%12)cc(c7c8%11)C6=O)c%109)c(C(C)C)c5)c5ccc2[nH]5)C=C4)C=C3)c(C)c1. The molecule has 0 saturated heterocycles. The van der Waals surface area contributed by atoms with E-state index in [0.29, 0.717) is 78.9 Å². The largest absolute Gasteiger partial charge is 0.457 e. The van der Waals surface area contributed by atoms with Crippen LogP contribution < -0.4 is 19.1 Å². The van der Waals surface area contributed by atoms with Crippen LogP contribution in [0.25, 0.3) is 123 Å². The van der Waals surface area contributed by atoms with Crippen LogP contribution >= 0.6 is 0 Å². The van der Waals surface area contributed by atoms with Gasteiger partial charge in [-0.2, -0.15) is 0 Å². The molecule has 12 aromatic carbocycles. The van der Waals surface area contributed by atoms with Crippen molar-refractivity contribution in [2.24, 2.45) is 0 Å². The highest BCUT2D eigenvalue weighted by Gasteiger charge is 2.41. The van der Waals surface area contributed by atoms with Crippen molar-refractivity contribution in [3.63, 3.8) is 0 Å². The van der Waals surface area contributed by atoms with Crippen molar-refractivity contribution < 1.29 is 23.8 Å². The fourth-order valence-electron chi connectivity index (χ4n) is 19.4. The van der Waals surface area contributed by atoms with Gasteiger partial charge >= 0.3 is 0 Å². The number of imide groups is 1. The highest BCUT2D eigenvalue weighted by molar-refractivity contribution is 6.44. The molecule has 2 amide bonds. The number of amides is 2. The summed E-state index contributed by atoms with van der Waals surface area (Å²) in [6, 6.07) is 65.3. The third-order valence-electron chi connectivity index (χ3n) is 25.1. The summed E-state index contributed by atoms with van der Waals surface area (Å²) in [5.74, 6) is 9.58. The van der Waals surface area contributed by atoms with Crippen molar-refractivity contribution in [2.75, 3.05) is 4.90 Å². The number of fused-ring (bicyclic) bond motifs is 10. The zero-order chi connectivity index (χ0) is 86.6. The maximum atomic E-state index is 16.9. The molecule has 3 aliphatic heterocycles. The number of nitrogens with zero attached hydrogens (tertiary/aromatic N) is 3. The molecule has 0 fully saturated rings. The summed E-state index contributed by atoms with van der Waals surface area (Å²) < 4.78 is 21.6. The Morgan fingerprint density at radius 2 is 0.691 bits per heavy atom. The van der Waals surface area contributed by atoms with Crippen molar-refractivity contribution >= 4 is 107 Å². The van der Waals surface area contributed by atoms with E-state index < -0.39 is 11.8 Å². The molecular weight excluding hydrogens is 1510 g/mol. The number of anilines is 1. The number of aromatic amines is 2. The topological polar surface area (TPSA) is 122 Å². The molecule has 0 unspecified atom stereocenters. The van der Waals surface area contributed by atoms with Crippen LogP contribution in [0.2, 0.25) is 0 Å². The van der Waals surface area contributed by atoms with E-state index in [1.54, 1.807) is 0 Å². The summed E-state index contributed by atoms with van der Waals surface area (Å²) in [4.78, 5) is 54.7. The average Bonchev–Trinajstić information content (AvgIpc) is 1.04. The van der Waals surface area contributed by atoms with Crippen LogP contribution in [0, 0.1) is 74.2 Å². The number of H-pyrrole nitrogens is 2. The molecule has 10 nitrogen and oxygen atoms in total. The van der Waals surface area contributed by atoms with Crippen molar-refractivity contribution in [1.29, 1.82) is 0 Å². The minimum absolute atomic E-state index is 0.0455. The van der Waals surface area contributed by atoms with Gasteiger partial charge < -0.3 is 24.2 Å². The molecule has 8 bridgehead atoms. The number of ether oxygens (including phenoxy) is 3. The lowest BCUT2D eigenvalue weighted by molar-refractivity contribution is 0.0892. The molecule has 6 heterocycles. The molecule has 2 N–H and O–H groups in total. The van der Waals surface area contributed by atoms with E-state index in [1.807, 2.05) is 54.6 Å². The number of benzene rings is 12. The normalized spacial score (nSPS) is 13.0. The van der Waals surface area contributed by atoms with Gasteiger partial charge in [-0.25, -0.2) is 14.9 Å². The van der Waals surface area contributed by atoms with Crippen LogP contribution in [0.4, 0.5) is 5.69 Å². The van der Waals surface area contributed by atoms with Gasteiger partial charge in [0, 0.05) is 71.1 Å². The third kappa shape index (κ3) is 14.2. The van der Waals surface area contributed by atoms with Crippen molar-refractivity contribution in [3.05, 3.63) is 311 Å². The molecule has 3 aromatic heterocycles. The van der Waals surface area contributed by atoms with Crippen molar-refractivity contribution in [1.82, 2.24) is 19.9 Å². The minimum atomic E-state index is -0.474. The van der Waals surface area contributed by atoms with Gasteiger partial charge in [-0.1, -0.05) is 210 Å². The number of aromatic nitrogens is 4. The lowest BCUT2D eigenvalue weighted by Crippen LogP contribution is -2.42. The van der Waals surface area contributed by atoms with Crippen molar-refractivity contribution in [2.45, 2.75) is 180 Å². The number of aryl methyl sites for hydroxylation is 9. The Hall–Kier alpha value is -13.4. The fraction of sp³-hybridized carbons (Fsp3) is 0.239. The second-order valence-corrected chi connectivity index (χ2v) is 38.1. The Bertz CT molecular complexity index is 7040. The van der Waals surface area contributed by atoms with Gasteiger partial charge in [0.05, 0.1) is 50.7 Å². The summed E-state index contributed by atoms with van der Waals surface area (Å²) in [6.07, 6.45) is 8.58. The summed E-state index contributed by atoms with van der Waals surface area (Å²) in [7, 11) is 0. The highest BCUT2D eigenvalue weighted by atomic mass is 16.5. The Morgan fingerprint density at radius 3 is 1.08 bits per heavy atom. The maximum absolute atomic E-state index is 16.9. The molecule has 612 valence electrons. The van der Waals surface area contributed by atoms with Crippen LogP contribution in [0.15, 0.2) is 188 Å². The summed E-state index contributed by atoms with van der Waals surface area (Å²) >= 11 is 0. The van der Waals surface area contributed by atoms with Crippen LogP contribution in [0.1, 0.15) is 234 Å². The molecule has 0 spiro atoms. The van der Waals surface area contributed by atoms with Crippen LogP contribution in [-0.4, -0.2) is 31.8 Å². The van der Waals surface area contributed by atoms with E-state index in [1.165, 1.54) is 38.3 Å². The molecule has 3 aliphatic rings. The number of carbonyl (C=O) groups excluding carboxylic acids is 2. The molecule has 0 saturated carbocycles. The zero-order valence-electron chi connectivity index (χ0n) is 74.7. The monoisotopic (exact) mass is 1610 g/mol. The molecule has 10 heteroatoms. The average molecular weight is 1610 g/mol. The lowest BCUT2D eigenvalue weighted by atomic mass is 9.82. The molecule has 15 aromatic rings. The van der Waals surface area contributed by atoms with Gasteiger partial charge in [0.1, 0.15) is 34.5 Å². The first kappa shape index (κ1) is 80.7. The Morgan fingerprint density at radius 1 is 0.341 bits per heavy atom. The minimum Gasteiger partial charge on any atom is -0.457 e. The number of nitrogens with one attached hydrogen (secondary N) is 2. The second-order valence-electron chi connectivity index (χ2n) is 38.1. The van der Waals surface area contributed by atoms with E-state index in [0.717, 1.165) is 149 Å². The van der Waals surface area contributed by atoms with Crippen molar-refractivity contribution in [3.8, 4) is 79.7 Å². The van der Waals surface area contributed by atoms with Gasteiger partial charge in [-0.3, -0.25) is 9.59 Å². The van der Waals surface area contributed by atoms with E-state index in [-0.39, 0.29) is 28.1 Å². The first-order valence-electron chi connectivity index (χ1n) is 43.1. The predicted octanol–water partition coefficient (Wildman–Crippen LogP) is 30.2. The van der Waals surface area contributed by atoms with E-state index >= 15 is 9.59 Å². The highest BCUT2D eigenvalue weighted by Crippen LogP contribution is 2.55. The van der Waals surface area contributed by atoms with Gasteiger partial charge in [0.25, 0.3) is 11.8 Å². The van der Waals surface area contributed by atoms with E-state index in [2.05, 4.69) is 332 Å². The quantitative estimate of drug-likeness (QED) is 0.0541. The maximum Gasteiger partial charge on any atom is 0.266 e. The molecule has 0 atom stereocenters. The van der Waals surface area contributed by atoms with Gasteiger partial charge in [-0.15, -0.1) is 0 Å². The second kappa shape index (κ2) is 30.1. The van der Waals surface area contributed by atoms with E-state index in [4.69, 9.17) is 24.2 Å². The molecule has 0 aliphatic carbocycles. The third-order valence-corrected chi connectivity index (χ3v) is 25.1. The Balaban J connectivity index is 0.862. The van der Waals surface area contributed by atoms with Crippen LogP contribution in [0.5, 0.6) is 34.5 Å². The predicted molar refractivity (Wildman–Crippen MR) is 513 cm³/mol. The molecule has 0 radical (unpaired) electrons. The first-order chi connectivity index (χ1) is 58.5. The number of carbonyl (C=O) groups is 2.